The maximum atomic E-state index is 12.6. The van der Waals surface area contributed by atoms with Crippen LogP contribution in [0.3, 0.4) is 0 Å². The molecule has 1 fully saturated rings. The van der Waals surface area contributed by atoms with Crippen molar-refractivity contribution in [2.75, 3.05) is 18.1 Å². The quantitative estimate of drug-likeness (QED) is 0.836. The molecule has 1 atom stereocenters. The predicted molar refractivity (Wildman–Crippen MR) is 85.9 cm³/mol. The smallest absolute Gasteiger partial charge is 0.254 e. The molecule has 4 nitrogen and oxygen atoms in total. The van der Waals surface area contributed by atoms with Crippen LogP contribution < -0.4 is 5.01 Å². The topological polar surface area (TPSA) is 35.9 Å². The number of benzene rings is 1. The molecule has 0 saturated carbocycles. The number of amides is 1. The largest absolute Gasteiger partial charge is 0.336 e. The molecule has 0 spiro atoms. The van der Waals surface area contributed by atoms with Gasteiger partial charge in [-0.2, -0.15) is 5.10 Å². The zero-order valence-corrected chi connectivity index (χ0v) is 12.9. The third kappa shape index (κ3) is 2.94. The Balaban J connectivity index is 1.73. The monoisotopic (exact) mass is 285 g/mol. The Morgan fingerprint density at radius 1 is 1.19 bits per heavy atom. The third-order valence-corrected chi connectivity index (χ3v) is 4.45. The second kappa shape index (κ2) is 5.88. The molecule has 4 heteroatoms. The fraction of sp³-hybridized carbons (Fsp3) is 0.529. The summed E-state index contributed by atoms with van der Waals surface area (Å²) < 4.78 is 0. The van der Waals surface area contributed by atoms with E-state index in [0.29, 0.717) is 6.04 Å². The number of carbonyl (C=O) groups is 1. The van der Waals surface area contributed by atoms with Gasteiger partial charge in [0, 0.05) is 36.8 Å². The molecule has 21 heavy (non-hydrogen) atoms. The van der Waals surface area contributed by atoms with E-state index in [4.69, 9.17) is 0 Å². The van der Waals surface area contributed by atoms with E-state index in [1.54, 1.807) is 0 Å². The van der Waals surface area contributed by atoms with E-state index in [2.05, 4.69) is 18.9 Å². The molecule has 0 N–H and O–H groups in total. The summed E-state index contributed by atoms with van der Waals surface area (Å²) in [6.07, 6.45) is 4.49. The number of anilines is 1. The van der Waals surface area contributed by atoms with Crippen molar-refractivity contribution in [2.24, 2.45) is 5.10 Å². The number of carbonyl (C=O) groups excluding carboxylic acids is 1. The van der Waals surface area contributed by atoms with Gasteiger partial charge in [0.25, 0.3) is 5.91 Å². The fourth-order valence-corrected chi connectivity index (χ4v) is 3.10. The van der Waals surface area contributed by atoms with Crippen LogP contribution in [0.4, 0.5) is 5.69 Å². The molecule has 2 aliphatic heterocycles. The Morgan fingerprint density at radius 2 is 1.95 bits per heavy atom. The molecule has 0 bridgehead atoms. The van der Waals surface area contributed by atoms with Crippen molar-refractivity contribution < 1.29 is 4.79 Å². The summed E-state index contributed by atoms with van der Waals surface area (Å²) in [5.41, 5.74) is 3.01. The zero-order chi connectivity index (χ0) is 14.8. The van der Waals surface area contributed by atoms with Gasteiger partial charge >= 0.3 is 0 Å². The Hall–Kier alpha value is -1.84. The van der Waals surface area contributed by atoms with Gasteiger partial charge in [0.05, 0.1) is 5.69 Å². The Labute approximate surface area is 126 Å². The number of likely N-dealkylation sites (tertiary alicyclic amines) is 1. The lowest BCUT2D eigenvalue weighted by molar-refractivity contribution is 0.0635. The van der Waals surface area contributed by atoms with Crippen molar-refractivity contribution in [3.05, 3.63) is 29.8 Å². The van der Waals surface area contributed by atoms with E-state index >= 15 is 0 Å². The summed E-state index contributed by atoms with van der Waals surface area (Å²) in [5, 5.41) is 6.50. The van der Waals surface area contributed by atoms with Crippen LogP contribution in [0.5, 0.6) is 0 Å². The van der Waals surface area contributed by atoms with Crippen LogP contribution >= 0.6 is 0 Å². The summed E-state index contributed by atoms with van der Waals surface area (Å²) in [6.45, 7) is 6.02. The minimum Gasteiger partial charge on any atom is -0.336 e. The van der Waals surface area contributed by atoms with E-state index < -0.39 is 0 Å². The highest BCUT2D eigenvalue weighted by Gasteiger charge is 2.24. The number of piperidine rings is 1. The van der Waals surface area contributed by atoms with Gasteiger partial charge in [0.2, 0.25) is 0 Å². The number of nitrogens with zero attached hydrogens (tertiary/aromatic N) is 3. The van der Waals surface area contributed by atoms with Crippen molar-refractivity contribution in [3.8, 4) is 0 Å². The minimum atomic E-state index is 0.162. The Bertz CT molecular complexity index is 550. The average Bonchev–Trinajstić information content (AvgIpc) is 2.94. The highest BCUT2D eigenvalue weighted by molar-refractivity contribution is 5.95. The highest BCUT2D eigenvalue weighted by Crippen LogP contribution is 2.23. The molecule has 1 aromatic rings. The molecule has 1 saturated heterocycles. The molecule has 0 aliphatic carbocycles. The first-order valence-electron chi connectivity index (χ1n) is 7.88. The molecule has 0 radical (unpaired) electrons. The summed E-state index contributed by atoms with van der Waals surface area (Å²) in [6, 6.07) is 8.23. The van der Waals surface area contributed by atoms with E-state index in [-0.39, 0.29) is 5.91 Å². The lowest BCUT2D eigenvalue weighted by Gasteiger charge is -2.33. The normalized spacial score (nSPS) is 22.4. The van der Waals surface area contributed by atoms with Gasteiger partial charge in [0.15, 0.2) is 0 Å². The van der Waals surface area contributed by atoms with Crippen molar-refractivity contribution in [3.63, 3.8) is 0 Å². The summed E-state index contributed by atoms with van der Waals surface area (Å²) in [4.78, 5) is 14.6. The van der Waals surface area contributed by atoms with Gasteiger partial charge < -0.3 is 4.90 Å². The second-order valence-electron chi connectivity index (χ2n) is 6.10. The van der Waals surface area contributed by atoms with E-state index in [1.807, 2.05) is 34.2 Å². The highest BCUT2D eigenvalue weighted by atomic mass is 16.2. The van der Waals surface area contributed by atoms with Gasteiger partial charge in [-0.3, -0.25) is 9.80 Å². The van der Waals surface area contributed by atoms with E-state index in [0.717, 1.165) is 49.3 Å². The Morgan fingerprint density at radius 3 is 2.57 bits per heavy atom. The van der Waals surface area contributed by atoms with E-state index in [1.165, 1.54) is 6.42 Å². The van der Waals surface area contributed by atoms with Crippen LogP contribution in [0, 0.1) is 0 Å². The van der Waals surface area contributed by atoms with Crippen LogP contribution in [0.1, 0.15) is 49.9 Å². The van der Waals surface area contributed by atoms with Crippen molar-refractivity contribution in [1.29, 1.82) is 0 Å². The molecule has 1 aromatic carbocycles. The molecule has 0 aromatic heterocycles. The van der Waals surface area contributed by atoms with Crippen molar-refractivity contribution in [1.82, 2.24) is 4.90 Å². The molecule has 1 amide bonds. The summed E-state index contributed by atoms with van der Waals surface area (Å²) in [5.74, 6) is 0.162. The molecular formula is C17H23N3O. The number of hydrogen-bond donors (Lipinski definition) is 0. The first-order chi connectivity index (χ1) is 10.1. The minimum absolute atomic E-state index is 0.162. The van der Waals surface area contributed by atoms with Gasteiger partial charge in [0.1, 0.15) is 0 Å². The summed E-state index contributed by atoms with van der Waals surface area (Å²) in [7, 11) is 0. The maximum absolute atomic E-state index is 12.6. The van der Waals surface area contributed by atoms with Crippen molar-refractivity contribution in [2.45, 2.75) is 45.6 Å². The molecule has 2 heterocycles. The van der Waals surface area contributed by atoms with Crippen LogP contribution in [0.2, 0.25) is 0 Å². The lowest BCUT2D eigenvalue weighted by atomic mass is 10.0. The van der Waals surface area contributed by atoms with Crippen LogP contribution in [0.15, 0.2) is 29.4 Å². The first kappa shape index (κ1) is 14.1. The molecule has 2 aliphatic rings. The number of rotatable bonds is 2. The maximum Gasteiger partial charge on any atom is 0.254 e. The SMILES string of the molecule is CC1=NN(c2ccc(C(=O)N3CCCC[C@@H]3C)cc2)CC1. The fourth-order valence-electron chi connectivity index (χ4n) is 3.10. The van der Waals surface area contributed by atoms with Crippen LogP contribution in [-0.4, -0.2) is 35.7 Å². The number of hydrogen-bond acceptors (Lipinski definition) is 3. The van der Waals surface area contributed by atoms with E-state index in [9.17, 15) is 4.79 Å². The first-order valence-corrected chi connectivity index (χ1v) is 7.88. The van der Waals surface area contributed by atoms with Crippen LogP contribution in [0.25, 0.3) is 0 Å². The molecular weight excluding hydrogens is 262 g/mol. The average molecular weight is 285 g/mol. The summed E-state index contributed by atoms with van der Waals surface area (Å²) >= 11 is 0. The molecule has 0 unspecified atom stereocenters. The third-order valence-electron chi connectivity index (χ3n) is 4.45. The zero-order valence-electron chi connectivity index (χ0n) is 12.9. The molecule has 3 rings (SSSR count). The van der Waals surface area contributed by atoms with Gasteiger partial charge in [-0.15, -0.1) is 0 Å². The van der Waals surface area contributed by atoms with Gasteiger partial charge in [-0.25, -0.2) is 0 Å². The van der Waals surface area contributed by atoms with Crippen LogP contribution in [-0.2, 0) is 0 Å². The lowest BCUT2D eigenvalue weighted by Crippen LogP contribution is -2.42. The number of hydrazone groups is 1. The predicted octanol–water partition coefficient (Wildman–Crippen LogP) is 3.29. The van der Waals surface area contributed by atoms with Gasteiger partial charge in [-0.05, 0) is 57.4 Å². The second-order valence-corrected chi connectivity index (χ2v) is 6.10. The van der Waals surface area contributed by atoms with Gasteiger partial charge in [-0.1, -0.05) is 0 Å². The van der Waals surface area contributed by atoms with Crippen molar-refractivity contribution >= 4 is 17.3 Å². The Kier molecular flexibility index (Phi) is 3.95. The standard InChI is InChI=1S/C17H23N3O/c1-13-10-12-20(18-13)16-8-6-15(7-9-16)17(21)19-11-4-3-5-14(19)2/h6-9,14H,3-5,10-12H2,1-2H3/t14-/m0/s1. The molecule has 112 valence electrons.